The zero-order valence-electron chi connectivity index (χ0n) is 33.6. The van der Waals surface area contributed by atoms with Gasteiger partial charge in [-0.25, -0.2) is 9.59 Å². The zero-order chi connectivity index (χ0) is 38.7. The lowest BCUT2D eigenvalue weighted by molar-refractivity contribution is -0.140. The van der Waals surface area contributed by atoms with Gasteiger partial charge in [-0.15, -0.1) is 0 Å². The third-order valence-electron chi connectivity index (χ3n) is 11.9. The van der Waals surface area contributed by atoms with Gasteiger partial charge in [-0.2, -0.15) is 0 Å². The fourth-order valence-corrected chi connectivity index (χ4v) is 8.73. The fourth-order valence-electron chi connectivity index (χ4n) is 8.73. The van der Waals surface area contributed by atoms with Crippen molar-refractivity contribution in [1.29, 1.82) is 0 Å². The van der Waals surface area contributed by atoms with Crippen molar-refractivity contribution in [3.8, 4) is 0 Å². The van der Waals surface area contributed by atoms with Gasteiger partial charge in [0.15, 0.2) is 0 Å². The summed E-state index contributed by atoms with van der Waals surface area (Å²) in [6, 6.07) is 0. The summed E-state index contributed by atoms with van der Waals surface area (Å²) in [7, 11) is 0. The maximum Gasteiger partial charge on any atom is 0.334 e. The molecule has 4 aliphatic rings. The first-order valence-corrected chi connectivity index (χ1v) is 22.0. The lowest BCUT2D eigenvalue weighted by atomic mass is 10.00. The number of hydrogen-bond donors (Lipinski definition) is 4. The summed E-state index contributed by atoms with van der Waals surface area (Å²) in [6.07, 6.45) is 26.4. The molecule has 0 bridgehead atoms. The second-order valence-corrected chi connectivity index (χ2v) is 16.8. The number of aliphatic hydroxyl groups is 4. The van der Waals surface area contributed by atoms with E-state index in [0.717, 1.165) is 116 Å². The minimum absolute atomic E-state index is 0.0125. The van der Waals surface area contributed by atoms with Crippen molar-refractivity contribution in [2.24, 2.45) is 0 Å². The molecule has 4 heterocycles. The van der Waals surface area contributed by atoms with Crippen LogP contribution in [0.25, 0.3) is 0 Å². The Morgan fingerprint density at radius 3 is 1.13 bits per heavy atom. The van der Waals surface area contributed by atoms with Crippen LogP contribution >= 0.6 is 0 Å². The van der Waals surface area contributed by atoms with Crippen molar-refractivity contribution in [3.05, 3.63) is 23.3 Å². The van der Waals surface area contributed by atoms with Gasteiger partial charge in [-0.05, 0) is 77.4 Å². The van der Waals surface area contributed by atoms with E-state index in [-0.39, 0.29) is 48.6 Å². The van der Waals surface area contributed by atoms with Crippen LogP contribution in [-0.2, 0) is 28.5 Å². The second-order valence-electron chi connectivity index (χ2n) is 16.8. The molecule has 54 heavy (non-hydrogen) atoms. The quantitative estimate of drug-likeness (QED) is 0.0438. The van der Waals surface area contributed by atoms with Crippen LogP contribution in [0.2, 0.25) is 0 Å². The van der Waals surface area contributed by atoms with E-state index in [2.05, 4.69) is 0 Å². The normalized spacial score (nSPS) is 27.8. The van der Waals surface area contributed by atoms with Gasteiger partial charge in [-0.3, -0.25) is 0 Å². The highest BCUT2D eigenvalue weighted by Gasteiger charge is 2.40. The Kier molecular flexibility index (Phi) is 20.6. The predicted octanol–water partition coefficient (Wildman–Crippen LogP) is 7.85. The summed E-state index contributed by atoms with van der Waals surface area (Å²) < 4.78 is 22.8. The Morgan fingerprint density at radius 2 is 0.815 bits per heavy atom. The Morgan fingerprint density at radius 1 is 0.500 bits per heavy atom. The van der Waals surface area contributed by atoms with Crippen LogP contribution in [0.1, 0.15) is 181 Å². The molecule has 10 atom stereocenters. The molecule has 2 saturated heterocycles. The minimum atomic E-state index is -0.476. The number of ether oxygens (including phenoxy) is 4. The van der Waals surface area contributed by atoms with Crippen LogP contribution in [0.15, 0.2) is 23.3 Å². The van der Waals surface area contributed by atoms with Crippen LogP contribution in [0.3, 0.4) is 0 Å². The number of hydrogen-bond acceptors (Lipinski definition) is 10. The zero-order valence-corrected chi connectivity index (χ0v) is 33.6. The fraction of sp³-hybridized carbons (Fsp3) is 0.864. The van der Waals surface area contributed by atoms with Crippen LogP contribution in [0.5, 0.6) is 0 Å². The molecule has 0 aromatic heterocycles. The first-order chi connectivity index (χ1) is 26.1. The van der Waals surface area contributed by atoms with Gasteiger partial charge in [0.2, 0.25) is 0 Å². The molecule has 0 radical (unpaired) electrons. The standard InChI is InChI=1S/C44H74O10/c1-31-27-33(43(49)51-31)29-35(45)19-15-11-7-3-5-9-13-17-21-37(47)39-23-25-41(53-39)42-26-24-40(54-42)38(48)22-18-14-10-6-4-8-12-16-20-36(46)30-34-28-32(2)52-44(34)50/h27-28,31-32,35-42,45-48H,3-26,29-30H2,1-2H3/t31-,32-,35+,36+,37-,38+,39+,40+,41+,42+/m0/s1. The third-order valence-corrected chi connectivity index (χ3v) is 11.9. The Balaban J connectivity index is 0.913. The van der Waals surface area contributed by atoms with Crippen molar-refractivity contribution in [3.63, 3.8) is 0 Å². The lowest BCUT2D eigenvalue weighted by Gasteiger charge is -2.24. The number of cyclic esters (lactones) is 2. The molecule has 0 aliphatic carbocycles. The van der Waals surface area contributed by atoms with Crippen LogP contribution < -0.4 is 0 Å². The molecule has 4 aliphatic heterocycles. The molecule has 0 aromatic carbocycles. The van der Waals surface area contributed by atoms with E-state index in [1.54, 1.807) is 0 Å². The van der Waals surface area contributed by atoms with Crippen LogP contribution in [0.4, 0.5) is 0 Å². The number of rotatable bonds is 29. The van der Waals surface area contributed by atoms with Gasteiger partial charge in [0, 0.05) is 24.0 Å². The average Bonchev–Trinajstić information content (AvgIpc) is 3.94. The Hall–Kier alpha value is -1.82. The van der Waals surface area contributed by atoms with Crippen molar-refractivity contribution < 1.29 is 49.0 Å². The summed E-state index contributed by atoms with van der Waals surface area (Å²) >= 11 is 0. The van der Waals surface area contributed by atoms with E-state index in [1.807, 2.05) is 26.0 Å². The summed E-state index contributed by atoms with van der Waals surface area (Å²) in [6.45, 7) is 3.67. The predicted molar refractivity (Wildman–Crippen MR) is 209 cm³/mol. The molecular weight excluding hydrogens is 688 g/mol. The Labute approximate surface area is 325 Å². The summed E-state index contributed by atoms with van der Waals surface area (Å²) in [5, 5.41) is 42.1. The highest BCUT2D eigenvalue weighted by Crippen LogP contribution is 2.35. The molecule has 10 heteroatoms. The first-order valence-electron chi connectivity index (χ1n) is 22.0. The topological polar surface area (TPSA) is 152 Å². The van der Waals surface area contributed by atoms with Crippen molar-refractivity contribution in [1.82, 2.24) is 0 Å². The monoisotopic (exact) mass is 763 g/mol. The molecule has 0 aromatic rings. The molecule has 0 spiro atoms. The third kappa shape index (κ3) is 16.3. The highest BCUT2D eigenvalue weighted by molar-refractivity contribution is 5.91. The second kappa shape index (κ2) is 24.7. The number of carbonyl (C=O) groups is 2. The van der Waals surface area contributed by atoms with Gasteiger partial charge in [-0.1, -0.05) is 103 Å². The number of unbranched alkanes of at least 4 members (excludes halogenated alkanes) is 14. The molecule has 0 saturated carbocycles. The maximum absolute atomic E-state index is 11.7. The van der Waals surface area contributed by atoms with E-state index in [9.17, 15) is 30.0 Å². The van der Waals surface area contributed by atoms with Gasteiger partial charge in [0.05, 0.1) is 48.8 Å². The van der Waals surface area contributed by atoms with E-state index < -0.39 is 24.4 Å². The number of aliphatic hydroxyl groups excluding tert-OH is 4. The van der Waals surface area contributed by atoms with Crippen molar-refractivity contribution in [2.75, 3.05) is 0 Å². The van der Waals surface area contributed by atoms with Gasteiger partial charge < -0.3 is 39.4 Å². The highest BCUT2D eigenvalue weighted by atomic mass is 16.6. The molecule has 10 nitrogen and oxygen atoms in total. The average molecular weight is 763 g/mol. The van der Waals surface area contributed by atoms with Gasteiger partial charge in [0.25, 0.3) is 0 Å². The molecule has 4 rings (SSSR count). The van der Waals surface area contributed by atoms with E-state index in [4.69, 9.17) is 18.9 Å². The number of carbonyl (C=O) groups excluding carboxylic acids is 2. The van der Waals surface area contributed by atoms with Crippen molar-refractivity contribution >= 4 is 11.9 Å². The smallest absolute Gasteiger partial charge is 0.334 e. The summed E-state index contributed by atoms with van der Waals surface area (Å²) in [4.78, 5) is 23.4. The largest absolute Gasteiger partial charge is 0.455 e. The summed E-state index contributed by atoms with van der Waals surface area (Å²) in [5.41, 5.74) is 1.22. The van der Waals surface area contributed by atoms with Gasteiger partial charge in [0.1, 0.15) is 12.2 Å². The first kappa shape index (κ1) is 44.9. The SMILES string of the molecule is C[C@H]1C=C(C[C@H](O)CCCCCCCCCC[C@@H](O)[C@H]2CC[C@H]([C@H]3CC[C@H]([C@@H](O)CCCCCCCCCC[C@@H](O)CC4=C[C@H](C)OC4=O)O3)O2)C(=O)O1. The van der Waals surface area contributed by atoms with Crippen LogP contribution in [0, 0.1) is 0 Å². The van der Waals surface area contributed by atoms with E-state index in [0.29, 0.717) is 24.0 Å². The molecule has 0 amide bonds. The molecule has 310 valence electrons. The molecule has 4 N–H and O–H groups in total. The summed E-state index contributed by atoms with van der Waals surface area (Å²) in [5.74, 6) is -0.578. The molecular formula is C44H74O10. The van der Waals surface area contributed by atoms with E-state index >= 15 is 0 Å². The number of esters is 2. The van der Waals surface area contributed by atoms with Crippen molar-refractivity contribution in [2.45, 2.75) is 242 Å². The lowest BCUT2D eigenvalue weighted by Crippen LogP contribution is -2.33. The molecule has 0 unspecified atom stereocenters. The van der Waals surface area contributed by atoms with Crippen LogP contribution in [-0.4, -0.2) is 93.4 Å². The van der Waals surface area contributed by atoms with Gasteiger partial charge >= 0.3 is 11.9 Å². The molecule has 2 fully saturated rings. The van der Waals surface area contributed by atoms with E-state index in [1.165, 1.54) is 38.5 Å². The minimum Gasteiger partial charge on any atom is -0.455 e. The maximum atomic E-state index is 11.7. The Bertz CT molecular complexity index is 1070.